The standard InChI is InChI=1S/C5H4N4S/c1-4(8-9-7-1)5-2-10-3-6-5/h1-3H,(H,7,8,9). The maximum Gasteiger partial charge on any atom is 0.132 e. The van der Waals surface area contributed by atoms with Gasteiger partial charge in [-0.2, -0.15) is 15.4 Å². The summed E-state index contributed by atoms with van der Waals surface area (Å²) < 4.78 is 0. The summed E-state index contributed by atoms with van der Waals surface area (Å²) in [7, 11) is 0. The molecule has 0 unspecified atom stereocenters. The second-order valence-electron chi connectivity index (χ2n) is 1.73. The molecule has 2 rings (SSSR count). The summed E-state index contributed by atoms with van der Waals surface area (Å²) in [4.78, 5) is 4.05. The van der Waals surface area contributed by atoms with Crippen LogP contribution in [0.15, 0.2) is 17.1 Å². The Morgan fingerprint density at radius 3 is 3.00 bits per heavy atom. The van der Waals surface area contributed by atoms with Crippen LogP contribution in [-0.4, -0.2) is 20.4 Å². The van der Waals surface area contributed by atoms with Crippen molar-refractivity contribution in [2.75, 3.05) is 0 Å². The minimum atomic E-state index is 0.793. The van der Waals surface area contributed by atoms with Gasteiger partial charge >= 0.3 is 0 Å². The largest absolute Gasteiger partial charge is 0.243 e. The first-order valence-corrected chi connectivity index (χ1v) is 3.65. The van der Waals surface area contributed by atoms with Crippen LogP contribution in [0.1, 0.15) is 0 Å². The average molecular weight is 152 g/mol. The summed E-state index contributed by atoms with van der Waals surface area (Å²) in [5, 5.41) is 12.0. The van der Waals surface area contributed by atoms with E-state index in [9.17, 15) is 0 Å². The van der Waals surface area contributed by atoms with Crippen LogP contribution in [0, 0.1) is 0 Å². The van der Waals surface area contributed by atoms with Crippen molar-refractivity contribution in [1.82, 2.24) is 20.4 Å². The number of thiazole rings is 1. The van der Waals surface area contributed by atoms with Crippen LogP contribution in [0.3, 0.4) is 0 Å². The zero-order chi connectivity index (χ0) is 6.81. The van der Waals surface area contributed by atoms with Crippen LogP contribution in [0.25, 0.3) is 11.4 Å². The number of rotatable bonds is 1. The van der Waals surface area contributed by atoms with Gasteiger partial charge < -0.3 is 0 Å². The van der Waals surface area contributed by atoms with E-state index in [1.54, 1.807) is 23.0 Å². The Balaban J connectivity index is 2.48. The third kappa shape index (κ3) is 0.801. The molecule has 2 heterocycles. The first-order chi connectivity index (χ1) is 4.97. The smallest absolute Gasteiger partial charge is 0.132 e. The van der Waals surface area contributed by atoms with Gasteiger partial charge in [0.15, 0.2) is 0 Å². The van der Waals surface area contributed by atoms with E-state index in [2.05, 4.69) is 20.4 Å². The van der Waals surface area contributed by atoms with Crippen molar-refractivity contribution in [1.29, 1.82) is 0 Å². The van der Waals surface area contributed by atoms with Crippen LogP contribution >= 0.6 is 11.3 Å². The fourth-order valence-electron chi connectivity index (χ4n) is 0.664. The first-order valence-electron chi connectivity index (χ1n) is 2.71. The molecule has 1 N–H and O–H groups in total. The number of nitrogens with zero attached hydrogens (tertiary/aromatic N) is 3. The molecule has 0 amide bonds. The molecule has 0 spiro atoms. The molecule has 0 aliphatic carbocycles. The van der Waals surface area contributed by atoms with E-state index in [4.69, 9.17) is 0 Å². The molecular formula is C5H4N4S. The average Bonchev–Trinajstić information content (AvgIpc) is 2.59. The Morgan fingerprint density at radius 2 is 2.40 bits per heavy atom. The van der Waals surface area contributed by atoms with Crippen molar-refractivity contribution in [3.05, 3.63) is 17.1 Å². The number of nitrogens with one attached hydrogen (secondary N) is 1. The molecule has 2 aromatic rings. The van der Waals surface area contributed by atoms with Crippen molar-refractivity contribution >= 4 is 11.3 Å². The predicted molar refractivity (Wildman–Crippen MR) is 37.5 cm³/mol. The van der Waals surface area contributed by atoms with Gasteiger partial charge in [0.25, 0.3) is 0 Å². The lowest BCUT2D eigenvalue weighted by molar-refractivity contribution is 0.941. The number of aromatic amines is 1. The molecule has 0 saturated heterocycles. The Labute approximate surface area is 60.9 Å². The quantitative estimate of drug-likeness (QED) is 0.661. The van der Waals surface area contributed by atoms with Gasteiger partial charge in [0.1, 0.15) is 11.4 Å². The SMILES string of the molecule is c1nc(-c2cn[nH]n2)cs1. The highest BCUT2D eigenvalue weighted by Gasteiger charge is 1.99. The molecule has 10 heavy (non-hydrogen) atoms. The van der Waals surface area contributed by atoms with E-state index < -0.39 is 0 Å². The van der Waals surface area contributed by atoms with E-state index in [0.29, 0.717) is 0 Å². The Hall–Kier alpha value is -1.23. The molecule has 5 heteroatoms. The zero-order valence-electron chi connectivity index (χ0n) is 4.98. The van der Waals surface area contributed by atoms with Gasteiger partial charge in [0.2, 0.25) is 0 Å². The van der Waals surface area contributed by atoms with E-state index >= 15 is 0 Å². The van der Waals surface area contributed by atoms with Crippen LogP contribution in [0.2, 0.25) is 0 Å². The summed E-state index contributed by atoms with van der Waals surface area (Å²) in [5.41, 5.74) is 3.43. The van der Waals surface area contributed by atoms with Gasteiger partial charge in [-0.05, 0) is 0 Å². The van der Waals surface area contributed by atoms with Crippen molar-refractivity contribution in [3.63, 3.8) is 0 Å². The van der Waals surface area contributed by atoms with E-state index in [1.807, 2.05) is 5.38 Å². The molecule has 0 atom stereocenters. The highest BCUT2D eigenvalue weighted by molar-refractivity contribution is 7.07. The zero-order valence-corrected chi connectivity index (χ0v) is 5.80. The van der Waals surface area contributed by atoms with Gasteiger partial charge in [0, 0.05) is 5.38 Å². The Morgan fingerprint density at radius 1 is 1.40 bits per heavy atom. The second kappa shape index (κ2) is 2.18. The fourth-order valence-corrected chi connectivity index (χ4v) is 1.21. The van der Waals surface area contributed by atoms with Crippen LogP contribution in [-0.2, 0) is 0 Å². The van der Waals surface area contributed by atoms with E-state index in [0.717, 1.165) is 11.4 Å². The minimum absolute atomic E-state index is 0.793. The monoisotopic (exact) mass is 152 g/mol. The van der Waals surface area contributed by atoms with Crippen LogP contribution in [0.4, 0.5) is 0 Å². The van der Waals surface area contributed by atoms with Crippen molar-refractivity contribution in [3.8, 4) is 11.4 Å². The molecule has 2 aromatic heterocycles. The third-order valence-corrected chi connectivity index (χ3v) is 1.70. The normalized spacial score (nSPS) is 10.0. The van der Waals surface area contributed by atoms with E-state index in [-0.39, 0.29) is 0 Å². The molecule has 0 aliphatic rings. The van der Waals surface area contributed by atoms with Crippen LogP contribution < -0.4 is 0 Å². The lowest BCUT2D eigenvalue weighted by Crippen LogP contribution is -1.74. The molecule has 0 bridgehead atoms. The van der Waals surface area contributed by atoms with Gasteiger partial charge in [-0.15, -0.1) is 11.3 Å². The molecule has 4 nitrogen and oxygen atoms in total. The number of aromatic nitrogens is 4. The van der Waals surface area contributed by atoms with E-state index in [1.165, 1.54) is 0 Å². The number of hydrogen-bond donors (Lipinski definition) is 1. The molecule has 0 aromatic carbocycles. The van der Waals surface area contributed by atoms with Gasteiger partial charge in [0.05, 0.1) is 11.7 Å². The molecule has 0 aliphatic heterocycles. The summed E-state index contributed by atoms with van der Waals surface area (Å²) in [6, 6.07) is 0. The molecule has 0 fully saturated rings. The fraction of sp³-hybridized carbons (Fsp3) is 0. The Kier molecular flexibility index (Phi) is 1.21. The summed E-state index contributed by atoms with van der Waals surface area (Å²) >= 11 is 1.55. The molecule has 0 saturated carbocycles. The maximum absolute atomic E-state index is 4.05. The van der Waals surface area contributed by atoms with Crippen LogP contribution in [0.5, 0.6) is 0 Å². The third-order valence-electron chi connectivity index (χ3n) is 1.11. The summed E-state index contributed by atoms with van der Waals surface area (Å²) in [6.45, 7) is 0. The van der Waals surface area contributed by atoms with Gasteiger partial charge in [-0.1, -0.05) is 0 Å². The summed E-state index contributed by atoms with van der Waals surface area (Å²) in [6.07, 6.45) is 1.65. The lowest BCUT2D eigenvalue weighted by atomic mass is 10.4. The first kappa shape index (κ1) is 5.55. The molecule has 0 radical (unpaired) electrons. The Bertz CT molecular complexity index is 253. The highest BCUT2D eigenvalue weighted by Crippen LogP contribution is 2.13. The minimum Gasteiger partial charge on any atom is -0.243 e. The molecular weight excluding hydrogens is 148 g/mol. The lowest BCUT2D eigenvalue weighted by Gasteiger charge is -1.80. The van der Waals surface area contributed by atoms with Gasteiger partial charge in [-0.25, -0.2) is 4.98 Å². The van der Waals surface area contributed by atoms with Crippen molar-refractivity contribution in [2.45, 2.75) is 0 Å². The number of H-pyrrole nitrogens is 1. The van der Waals surface area contributed by atoms with Crippen molar-refractivity contribution in [2.24, 2.45) is 0 Å². The topological polar surface area (TPSA) is 54.5 Å². The van der Waals surface area contributed by atoms with Gasteiger partial charge in [-0.3, -0.25) is 0 Å². The maximum atomic E-state index is 4.05. The highest BCUT2D eigenvalue weighted by atomic mass is 32.1. The second-order valence-corrected chi connectivity index (χ2v) is 2.45. The molecule has 50 valence electrons. The van der Waals surface area contributed by atoms with Crippen molar-refractivity contribution < 1.29 is 0 Å². The summed E-state index contributed by atoms with van der Waals surface area (Å²) in [5.74, 6) is 0. The predicted octanol–water partition coefficient (Wildman–Crippen LogP) is 0.928. The number of hydrogen-bond acceptors (Lipinski definition) is 4.